The second-order valence-corrected chi connectivity index (χ2v) is 17.7. The highest BCUT2D eigenvalue weighted by Gasteiger charge is 2.45. The van der Waals surface area contributed by atoms with Crippen LogP contribution in [0.2, 0.25) is 0 Å². The molecule has 360 valence electrons. The number of sulfonamides is 1. The van der Waals surface area contributed by atoms with Crippen LogP contribution < -0.4 is 29.1 Å². The maximum Gasteiger partial charge on any atom is 0.417 e. The summed E-state index contributed by atoms with van der Waals surface area (Å²) in [4.78, 5) is 64.8. The summed E-state index contributed by atoms with van der Waals surface area (Å²) in [7, 11) is -2.33. The van der Waals surface area contributed by atoms with Crippen molar-refractivity contribution in [3.63, 3.8) is 0 Å². The van der Waals surface area contributed by atoms with E-state index in [2.05, 4.69) is 39.8 Å². The fourth-order valence-electron chi connectivity index (χ4n) is 8.46. The van der Waals surface area contributed by atoms with Gasteiger partial charge in [0.15, 0.2) is 5.75 Å². The lowest BCUT2D eigenvalue weighted by Gasteiger charge is -2.36. The van der Waals surface area contributed by atoms with Crippen molar-refractivity contribution in [3.8, 4) is 17.5 Å². The van der Waals surface area contributed by atoms with Crippen LogP contribution >= 0.6 is 0 Å². The number of carbonyl (C=O) groups is 4. The number of methoxy groups -OCH3 is 2. The summed E-state index contributed by atoms with van der Waals surface area (Å²) in [5.74, 6) is -3.02. The van der Waals surface area contributed by atoms with Gasteiger partial charge in [0, 0.05) is 64.5 Å². The molecule has 4 aliphatic heterocycles. The first-order valence-corrected chi connectivity index (χ1v) is 23.1. The zero-order valence-electron chi connectivity index (χ0n) is 36.6. The number of anilines is 2. The van der Waals surface area contributed by atoms with Crippen LogP contribution in [0.15, 0.2) is 47.5 Å². The van der Waals surface area contributed by atoms with Gasteiger partial charge in [0.25, 0.3) is 27.8 Å². The molecule has 3 fully saturated rings. The third kappa shape index (κ3) is 10.4. The summed E-state index contributed by atoms with van der Waals surface area (Å²) in [5, 5.41) is 6.23. The van der Waals surface area contributed by atoms with Gasteiger partial charge in [0.1, 0.15) is 22.8 Å². The van der Waals surface area contributed by atoms with E-state index in [9.17, 15) is 40.8 Å². The van der Waals surface area contributed by atoms with Crippen LogP contribution in [-0.4, -0.2) is 171 Å². The number of nitrogens with zero attached hydrogens (tertiary/aromatic N) is 8. The van der Waals surface area contributed by atoms with Gasteiger partial charge >= 0.3 is 12.2 Å². The lowest BCUT2D eigenvalue weighted by molar-refractivity contribution is -0.140. The largest absolute Gasteiger partial charge is 0.491 e. The van der Waals surface area contributed by atoms with Gasteiger partial charge in [-0.2, -0.15) is 27.7 Å². The number of rotatable bonds is 18. The lowest BCUT2D eigenvalue weighted by Crippen LogP contribution is -2.54. The van der Waals surface area contributed by atoms with Gasteiger partial charge in [0.05, 0.1) is 63.5 Å². The predicted octanol–water partition coefficient (Wildman–Crippen LogP) is 2.06. The number of benzene rings is 2. The van der Waals surface area contributed by atoms with E-state index in [4.69, 9.17) is 23.7 Å². The zero-order chi connectivity index (χ0) is 47.5. The molecule has 0 radical (unpaired) electrons. The van der Waals surface area contributed by atoms with Crippen LogP contribution in [0.5, 0.6) is 17.5 Å². The quantitative estimate of drug-likeness (QED) is 0.107. The highest BCUT2D eigenvalue weighted by molar-refractivity contribution is 7.92. The number of imide groups is 2. The number of halogens is 3. The molecule has 0 spiro atoms. The number of ether oxygens (including phenoxy) is 5. The van der Waals surface area contributed by atoms with E-state index in [0.717, 1.165) is 40.8 Å². The van der Waals surface area contributed by atoms with Gasteiger partial charge in [-0.3, -0.25) is 34.3 Å². The molecule has 0 bridgehead atoms. The van der Waals surface area contributed by atoms with Gasteiger partial charge in [-0.25, -0.2) is 13.1 Å². The summed E-state index contributed by atoms with van der Waals surface area (Å²) < 4.78 is 101. The van der Waals surface area contributed by atoms with Gasteiger partial charge in [0.2, 0.25) is 17.5 Å². The number of fused-ring (bicyclic) bond motifs is 2. The van der Waals surface area contributed by atoms with Crippen molar-refractivity contribution in [2.24, 2.45) is 0 Å². The Labute approximate surface area is 382 Å². The van der Waals surface area contributed by atoms with E-state index in [1.54, 1.807) is 12.1 Å². The number of hydrogen-bond acceptors (Lipinski definition) is 17. The van der Waals surface area contributed by atoms with Crippen molar-refractivity contribution in [1.29, 1.82) is 0 Å². The summed E-state index contributed by atoms with van der Waals surface area (Å²) >= 11 is 0. The third-order valence-corrected chi connectivity index (χ3v) is 13.4. The Bertz CT molecular complexity index is 2580. The first kappa shape index (κ1) is 47.3. The Hall–Kier alpha value is -6.15. The van der Waals surface area contributed by atoms with Gasteiger partial charge in [-0.05, 0) is 49.6 Å². The number of alkyl halides is 3. The Morgan fingerprint density at radius 2 is 1.51 bits per heavy atom. The average Bonchev–Trinajstić information content (AvgIpc) is 3.83. The van der Waals surface area contributed by atoms with E-state index >= 15 is 0 Å². The molecule has 4 aromatic rings. The smallest absolute Gasteiger partial charge is 0.417 e. The molecule has 0 aliphatic carbocycles. The lowest BCUT2D eigenvalue weighted by atomic mass is 10.0. The van der Waals surface area contributed by atoms with Crippen LogP contribution in [0.25, 0.3) is 5.65 Å². The minimum absolute atomic E-state index is 0.0134. The second-order valence-electron chi connectivity index (χ2n) is 16.1. The number of piperidine rings is 2. The molecule has 2 aromatic carbocycles. The molecule has 8 rings (SSSR count). The molecule has 4 aliphatic rings. The van der Waals surface area contributed by atoms with E-state index in [-0.39, 0.29) is 41.4 Å². The minimum atomic E-state index is -5.03. The normalized spacial score (nSPS) is 19.0. The molecule has 6 heterocycles. The molecule has 21 nitrogen and oxygen atoms in total. The number of aromatic nitrogens is 4. The highest BCUT2D eigenvalue weighted by Crippen LogP contribution is 2.40. The number of likely N-dealkylation sites (tertiary alicyclic amines) is 1. The van der Waals surface area contributed by atoms with E-state index in [0.29, 0.717) is 78.1 Å². The van der Waals surface area contributed by atoms with Crippen LogP contribution in [0, 0.1) is 0 Å². The average molecular weight is 959 g/mol. The molecule has 2 N–H and O–H groups in total. The Morgan fingerprint density at radius 1 is 0.821 bits per heavy atom. The summed E-state index contributed by atoms with van der Waals surface area (Å²) in [6.07, 6.45) is -3.30. The van der Waals surface area contributed by atoms with Crippen molar-refractivity contribution < 1.29 is 64.5 Å². The Kier molecular flexibility index (Phi) is 14.1. The zero-order valence-corrected chi connectivity index (χ0v) is 37.4. The van der Waals surface area contributed by atoms with Crippen molar-refractivity contribution in [2.45, 2.75) is 48.9 Å². The first-order valence-electron chi connectivity index (χ1n) is 21.6. The summed E-state index contributed by atoms with van der Waals surface area (Å²) in [6, 6.07) is 7.00. The van der Waals surface area contributed by atoms with Crippen molar-refractivity contribution in [3.05, 3.63) is 59.3 Å². The molecule has 4 amide bonds. The maximum absolute atomic E-state index is 14.3. The molecule has 2 aromatic heterocycles. The molecule has 1 atom stereocenters. The summed E-state index contributed by atoms with van der Waals surface area (Å²) in [6.45, 7) is 7.07. The van der Waals surface area contributed by atoms with Gasteiger partial charge in [-0.1, -0.05) is 6.07 Å². The Balaban J connectivity index is 0.735. The van der Waals surface area contributed by atoms with Crippen LogP contribution in [-0.2, 0) is 35.3 Å². The number of hydrogen-bond donors (Lipinski definition) is 2. The fraction of sp³-hybridized carbons (Fsp3) is 0.500. The summed E-state index contributed by atoms with van der Waals surface area (Å²) in [5.41, 5.74) is -0.0928. The topological polar surface area (TPSA) is 229 Å². The maximum atomic E-state index is 14.3. The molecule has 3 saturated heterocycles. The highest BCUT2D eigenvalue weighted by atomic mass is 32.2. The van der Waals surface area contributed by atoms with E-state index in [1.165, 1.54) is 26.5 Å². The molecule has 1 unspecified atom stereocenters. The number of nitrogens with one attached hydrogen (secondary N) is 2. The number of amides is 4. The predicted molar refractivity (Wildman–Crippen MR) is 230 cm³/mol. The molecule has 25 heteroatoms. The molecule has 0 saturated carbocycles. The third-order valence-electron chi connectivity index (χ3n) is 11.9. The van der Waals surface area contributed by atoms with Crippen molar-refractivity contribution in [2.75, 3.05) is 103 Å². The fourth-order valence-corrected chi connectivity index (χ4v) is 9.75. The monoisotopic (exact) mass is 958 g/mol. The Morgan fingerprint density at radius 3 is 2.16 bits per heavy atom. The standard InChI is InChI=1S/C42H49F3N10O11S/c1-62-33-25-46-41(63-2)55-36(33)48-40(49-55)50-67(60,61)35-30(42(43,44)45)4-3-5-32(35)66-27-10-12-51(13-11-27)18-20-64-22-23-65-21-19-52-14-16-53(17-15-52)26-6-7-28-29(24-26)39(59)54(38(28)58)31-8-9-34(56)47-37(31)57/h3-7,24-25,27,31H,8-23H2,1-2H3,(H,49,50)(H,47,56,57). The second kappa shape index (κ2) is 20.0. The molecular formula is C42H49F3N10O11S. The molecular weight excluding hydrogens is 910 g/mol. The van der Waals surface area contributed by atoms with E-state index < -0.39 is 74.1 Å². The first-order chi connectivity index (χ1) is 32.1. The minimum Gasteiger partial charge on any atom is -0.491 e. The van der Waals surface area contributed by atoms with Crippen LogP contribution in [0.4, 0.5) is 24.8 Å². The van der Waals surface area contributed by atoms with Crippen LogP contribution in [0.3, 0.4) is 0 Å². The van der Waals surface area contributed by atoms with Crippen molar-refractivity contribution >= 4 is 50.9 Å². The van der Waals surface area contributed by atoms with Crippen molar-refractivity contribution in [1.82, 2.24) is 39.6 Å². The van der Waals surface area contributed by atoms with E-state index in [1.807, 2.05) is 6.07 Å². The van der Waals surface area contributed by atoms with Gasteiger partial charge < -0.3 is 33.5 Å². The van der Waals surface area contributed by atoms with Gasteiger partial charge in [-0.15, -0.1) is 5.10 Å². The molecule has 67 heavy (non-hydrogen) atoms. The van der Waals surface area contributed by atoms with Crippen LogP contribution in [0.1, 0.15) is 52.0 Å². The number of carbonyl (C=O) groups excluding carboxylic acids is 4. The number of piperazine rings is 1. The SMILES string of the molecule is COc1cnc(OC)n2nc(NS(=O)(=O)c3c(OC4CCN(CCOCCOCCN5CCN(c6ccc7c(c6)C(=O)N(C6CCC(=O)NC6=O)C7=O)CC5)CC4)cccc3C(F)(F)F)nc12.